The van der Waals surface area contributed by atoms with Crippen molar-refractivity contribution in [1.29, 1.82) is 0 Å². The summed E-state index contributed by atoms with van der Waals surface area (Å²) in [5.74, 6) is -0.785. The van der Waals surface area contributed by atoms with E-state index < -0.39 is 5.97 Å². The van der Waals surface area contributed by atoms with Crippen molar-refractivity contribution in [2.45, 2.75) is 25.3 Å². The summed E-state index contributed by atoms with van der Waals surface area (Å²) in [6.45, 7) is 2.15. The van der Waals surface area contributed by atoms with Gasteiger partial charge in [-0.15, -0.1) is 0 Å². The summed E-state index contributed by atoms with van der Waals surface area (Å²) >= 11 is 0. The molecule has 3 rings (SSSR count). The Balaban J connectivity index is 1.55. The maximum absolute atomic E-state index is 13.4. The van der Waals surface area contributed by atoms with Gasteiger partial charge in [0, 0.05) is 12.6 Å². The Morgan fingerprint density at radius 2 is 2.08 bits per heavy atom. The van der Waals surface area contributed by atoms with Crippen LogP contribution in [0, 0.1) is 5.82 Å². The number of benzene rings is 2. The SMILES string of the molecule is O=C(O)c1ccccc1OCCN1CCC[C@H]1Cc1cccc(F)c1. The summed E-state index contributed by atoms with van der Waals surface area (Å²) in [7, 11) is 0. The highest BCUT2D eigenvalue weighted by atomic mass is 19.1. The minimum absolute atomic E-state index is 0.181. The van der Waals surface area contributed by atoms with Crippen LogP contribution in [-0.2, 0) is 6.42 Å². The van der Waals surface area contributed by atoms with Crippen LogP contribution in [0.2, 0.25) is 0 Å². The van der Waals surface area contributed by atoms with Crippen LogP contribution >= 0.6 is 0 Å². The summed E-state index contributed by atoms with van der Waals surface area (Å²) < 4.78 is 19.0. The molecule has 0 aromatic heterocycles. The lowest BCUT2D eigenvalue weighted by Crippen LogP contribution is -2.34. The lowest BCUT2D eigenvalue weighted by atomic mass is 10.0. The highest BCUT2D eigenvalue weighted by Gasteiger charge is 2.24. The fourth-order valence-corrected chi connectivity index (χ4v) is 3.40. The van der Waals surface area contributed by atoms with Gasteiger partial charge in [0.05, 0.1) is 0 Å². The van der Waals surface area contributed by atoms with E-state index in [1.165, 1.54) is 6.07 Å². The fourth-order valence-electron chi connectivity index (χ4n) is 3.40. The first-order chi connectivity index (χ1) is 12.1. The predicted molar refractivity (Wildman–Crippen MR) is 93.6 cm³/mol. The van der Waals surface area contributed by atoms with Gasteiger partial charge in [0.15, 0.2) is 0 Å². The molecule has 0 saturated carbocycles. The molecule has 0 aliphatic carbocycles. The zero-order valence-corrected chi connectivity index (χ0v) is 14.0. The van der Waals surface area contributed by atoms with Crippen LogP contribution in [0.25, 0.3) is 0 Å². The van der Waals surface area contributed by atoms with Gasteiger partial charge in [-0.25, -0.2) is 9.18 Å². The number of hydrogen-bond donors (Lipinski definition) is 1. The van der Waals surface area contributed by atoms with E-state index in [-0.39, 0.29) is 11.4 Å². The second kappa shape index (κ2) is 8.12. The van der Waals surface area contributed by atoms with Crippen molar-refractivity contribution >= 4 is 5.97 Å². The van der Waals surface area contributed by atoms with Crippen molar-refractivity contribution in [2.24, 2.45) is 0 Å². The molecule has 0 radical (unpaired) electrons. The summed E-state index contributed by atoms with van der Waals surface area (Å²) in [6.07, 6.45) is 3.03. The van der Waals surface area contributed by atoms with Crippen molar-refractivity contribution in [3.05, 3.63) is 65.5 Å². The van der Waals surface area contributed by atoms with Crippen molar-refractivity contribution in [2.75, 3.05) is 19.7 Å². The van der Waals surface area contributed by atoms with Crippen LogP contribution in [0.15, 0.2) is 48.5 Å². The Morgan fingerprint density at radius 1 is 1.24 bits per heavy atom. The van der Waals surface area contributed by atoms with Crippen LogP contribution in [0.5, 0.6) is 5.75 Å². The minimum Gasteiger partial charge on any atom is -0.491 e. The van der Waals surface area contributed by atoms with Crippen molar-refractivity contribution < 1.29 is 19.0 Å². The van der Waals surface area contributed by atoms with Crippen LogP contribution in [-0.4, -0.2) is 41.7 Å². The molecule has 0 amide bonds. The van der Waals surface area contributed by atoms with Crippen molar-refractivity contribution in [3.8, 4) is 5.75 Å². The lowest BCUT2D eigenvalue weighted by Gasteiger charge is -2.24. The number of likely N-dealkylation sites (tertiary alicyclic amines) is 1. The molecule has 1 saturated heterocycles. The first kappa shape index (κ1) is 17.4. The van der Waals surface area contributed by atoms with Gasteiger partial charge in [0.2, 0.25) is 0 Å². The third-order valence-corrected chi connectivity index (χ3v) is 4.61. The molecule has 5 heteroatoms. The Kier molecular flexibility index (Phi) is 5.66. The normalized spacial score (nSPS) is 17.6. The number of aromatic carboxylic acids is 1. The Hall–Kier alpha value is -2.40. The topological polar surface area (TPSA) is 49.8 Å². The Bertz CT molecular complexity index is 734. The van der Waals surface area contributed by atoms with E-state index in [1.807, 2.05) is 6.07 Å². The zero-order chi connectivity index (χ0) is 17.6. The summed E-state index contributed by atoms with van der Waals surface area (Å²) in [6, 6.07) is 13.8. The smallest absolute Gasteiger partial charge is 0.339 e. The molecule has 0 bridgehead atoms. The Labute approximate surface area is 146 Å². The summed E-state index contributed by atoms with van der Waals surface area (Å²) in [5.41, 5.74) is 1.19. The quantitative estimate of drug-likeness (QED) is 0.834. The number of hydrogen-bond acceptors (Lipinski definition) is 3. The number of rotatable bonds is 7. The molecule has 1 atom stereocenters. The van der Waals surface area contributed by atoms with E-state index in [9.17, 15) is 14.3 Å². The summed E-state index contributed by atoms with van der Waals surface area (Å²) in [5, 5.41) is 9.18. The molecule has 1 aliphatic heterocycles. The zero-order valence-electron chi connectivity index (χ0n) is 14.0. The number of carboxylic acid groups (broad SMARTS) is 1. The van der Waals surface area contributed by atoms with E-state index in [4.69, 9.17) is 4.74 Å². The molecule has 25 heavy (non-hydrogen) atoms. The monoisotopic (exact) mass is 343 g/mol. The van der Waals surface area contributed by atoms with E-state index in [1.54, 1.807) is 36.4 Å². The van der Waals surface area contributed by atoms with Crippen molar-refractivity contribution in [1.82, 2.24) is 4.90 Å². The van der Waals surface area contributed by atoms with Crippen LogP contribution in [0.4, 0.5) is 4.39 Å². The van der Waals surface area contributed by atoms with E-state index in [0.717, 1.165) is 37.9 Å². The molecule has 0 unspecified atom stereocenters. The van der Waals surface area contributed by atoms with Crippen molar-refractivity contribution in [3.63, 3.8) is 0 Å². The molecular weight excluding hydrogens is 321 g/mol. The lowest BCUT2D eigenvalue weighted by molar-refractivity contribution is 0.0691. The van der Waals surface area contributed by atoms with Gasteiger partial charge in [-0.3, -0.25) is 4.90 Å². The fraction of sp³-hybridized carbons (Fsp3) is 0.350. The molecule has 132 valence electrons. The largest absolute Gasteiger partial charge is 0.491 e. The third kappa shape index (κ3) is 4.57. The van der Waals surface area contributed by atoms with Gasteiger partial charge in [0.25, 0.3) is 0 Å². The molecule has 2 aromatic rings. The van der Waals surface area contributed by atoms with E-state index >= 15 is 0 Å². The Morgan fingerprint density at radius 3 is 2.88 bits per heavy atom. The van der Waals surface area contributed by atoms with Crippen LogP contribution in [0.3, 0.4) is 0 Å². The minimum atomic E-state index is -0.985. The molecular formula is C20H22FNO3. The van der Waals surface area contributed by atoms with Crippen LogP contribution < -0.4 is 4.74 Å². The van der Waals surface area contributed by atoms with Crippen LogP contribution in [0.1, 0.15) is 28.8 Å². The molecule has 2 aromatic carbocycles. The highest BCUT2D eigenvalue weighted by Crippen LogP contribution is 2.22. The van der Waals surface area contributed by atoms with Gasteiger partial charge in [-0.05, 0) is 55.6 Å². The number of para-hydroxylation sites is 1. The highest BCUT2D eigenvalue weighted by molar-refractivity contribution is 5.90. The number of carbonyl (C=O) groups is 1. The third-order valence-electron chi connectivity index (χ3n) is 4.61. The van der Waals surface area contributed by atoms with Gasteiger partial charge in [-0.1, -0.05) is 24.3 Å². The molecule has 4 nitrogen and oxygen atoms in total. The van der Waals surface area contributed by atoms with Gasteiger partial charge in [0.1, 0.15) is 23.7 Å². The summed E-state index contributed by atoms with van der Waals surface area (Å²) in [4.78, 5) is 13.5. The standard InChI is InChI=1S/C20H22FNO3/c21-16-6-3-5-15(13-16)14-17-7-4-10-22(17)11-12-25-19-9-2-1-8-18(19)20(23)24/h1-3,5-6,8-9,13,17H,4,7,10-12,14H2,(H,23,24)/t17-/m0/s1. The second-order valence-corrected chi connectivity index (χ2v) is 6.32. The second-order valence-electron chi connectivity index (χ2n) is 6.32. The maximum Gasteiger partial charge on any atom is 0.339 e. The predicted octanol–water partition coefficient (Wildman–Crippen LogP) is 3.61. The molecule has 1 fully saturated rings. The number of carboxylic acids is 1. The number of ether oxygens (including phenoxy) is 1. The molecule has 1 heterocycles. The molecule has 0 spiro atoms. The maximum atomic E-state index is 13.4. The van der Waals surface area contributed by atoms with Gasteiger partial charge < -0.3 is 9.84 Å². The van der Waals surface area contributed by atoms with Gasteiger partial charge in [-0.2, -0.15) is 0 Å². The average Bonchev–Trinajstić information content (AvgIpc) is 3.02. The van der Waals surface area contributed by atoms with E-state index in [2.05, 4.69) is 4.90 Å². The molecule has 1 N–H and O–H groups in total. The van der Waals surface area contributed by atoms with Gasteiger partial charge >= 0.3 is 5.97 Å². The number of halogens is 1. The first-order valence-corrected chi connectivity index (χ1v) is 8.57. The first-order valence-electron chi connectivity index (χ1n) is 8.57. The van der Waals surface area contributed by atoms with E-state index in [0.29, 0.717) is 18.4 Å². The average molecular weight is 343 g/mol. The molecule has 1 aliphatic rings. The number of nitrogens with zero attached hydrogens (tertiary/aromatic N) is 1.